The maximum atomic E-state index is 5.68. The van der Waals surface area contributed by atoms with Crippen molar-refractivity contribution in [1.82, 2.24) is 9.88 Å². The number of aliphatic imine (C=N–C) groups is 1. The fraction of sp³-hybridized carbons (Fsp3) is 0.455. The molecule has 15 heavy (non-hydrogen) atoms. The smallest absolute Gasteiger partial charge is 0.191 e. The number of hydrogen-bond acceptors (Lipinski definition) is 2. The van der Waals surface area contributed by atoms with Crippen LogP contribution in [0.5, 0.6) is 0 Å². The van der Waals surface area contributed by atoms with Crippen molar-refractivity contribution < 1.29 is 0 Å². The van der Waals surface area contributed by atoms with Gasteiger partial charge in [0.1, 0.15) is 0 Å². The number of rotatable bonds is 2. The first-order chi connectivity index (χ1) is 7.00. The number of pyridine rings is 1. The summed E-state index contributed by atoms with van der Waals surface area (Å²) in [6, 6.07) is 4.04. The van der Waals surface area contributed by atoms with Crippen LogP contribution >= 0.6 is 0 Å². The third-order valence-electron chi connectivity index (χ3n) is 2.27. The molecule has 0 fully saturated rings. The predicted octanol–water partition coefficient (Wildman–Crippen LogP) is 1.07. The lowest BCUT2D eigenvalue weighted by molar-refractivity contribution is 0.608. The van der Waals surface area contributed by atoms with Crippen molar-refractivity contribution in [2.24, 2.45) is 10.7 Å². The summed E-state index contributed by atoms with van der Waals surface area (Å²) in [5, 5.41) is 0. The fourth-order valence-electron chi connectivity index (χ4n) is 1.07. The van der Waals surface area contributed by atoms with Crippen LogP contribution in [0, 0.1) is 13.8 Å². The molecule has 4 nitrogen and oxygen atoms in total. The Morgan fingerprint density at radius 1 is 1.40 bits per heavy atom. The molecule has 0 amide bonds. The molecule has 0 radical (unpaired) electrons. The summed E-state index contributed by atoms with van der Waals surface area (Å²) in [6.07, 6.45) is 0. The first-order valence-electron chi connectivity index (χ1n) is 4.91. The highest BCUT2D eigenvalue weighted by Crippen LogP contribution is 2.05. The van der Waals surface area contributed by atoms with Crippen LogP contribution in [0.1, 0.15) is 17.0 Å². The van der Waals surface area contributed by atoms with E-state index in [4.69, 9.17) is 5.73 Å². The molecule has 0 unspecified atom stereocenters. The van der Waals surface area contributed by atoms with E-state index in [9.17, 15) is 0 Å². The molecule has 0 saturated heterocycles. The lowest BCUT2D eigenvalue weighted by atomic mass is 10.2. The highest BCUT2D eigenvalue weighted by Gasteiger charge is 1.98. The lowest BCUT2D eigenvalue weighted by Gasteiger charge is -2.10. The van der Waals surface area contributed by atoms with E-state index in [2.05, 4.69) is 16.0 Å². The van der Waals surface area contributed by atoms with Crippen LogP contribution in [-0.2, 0) is 6.54 Å². The molecule has 82 valence electrons. The van der Waals surface area contributed by atoms with Crippen molar-refractivity contribution >= 4 is 5.96 Å². The third-order valence-corrected chi connectivity index (χ3v) is 2.27. The summed E-state index contributed by atoms with van der Waals surface area (Å²) in [7, 11) is 3.74. The van der Waals surface area contributed by atoms with Gasteiger partial charge in [-0.15, -0.1) is 0 Å². The summed E-state index contributed by atoms with van der Waals surface area (Å²) in [4.78, 5) is 10.4. The number of nitrogens with zero attached hydrogens (tertiary/aromatic N) is 3. The molecule has 1 rings (SSSR count). The molecule has 4 heteroatoms. The number of hydrogen-bond donors (Lipinski definition) is 1. The second-order valence-electron chi connectivity index (χ2n) is 3.77. The molecular weight excluding hydrogens is 188 g/mol. The molecule has 0 aliphatic carbocycles. The quantitative estimate of drug-likeness (QED) is 0.582. The van der Waals surface area contributed by atoms with E-state index in [0.717, 1.165) is 11.4 Å². The van der Waals surface area contributed by atoms with Gasteiger partial charge in [0.25, 0.3) is 0 Å². The Balaban J connectivity index is 2.74. The summed E-state index contributed by atoms with van der Waals surface area (Å²) in [6.45, 7) is 4.58. The van der Waals surface area contributed by atoms with E-state index in [-0.39, 0.29) is 0 Å². The maximum absolute atomic E-state index is 5.68. The molecule has 1 aromatic heterocycles. The van der Waals surface area contributed by atoms with Crippen LogP contribution < -0.4 is 5.73 Å². The van der Waals surface area contributed by atoms with Crippen molar-refractivity contribution in [2.75, 3.05) is 14.1 Å². The first-order valence-corrected chi connectivity index (χ1v) is 4.91. The molecule has 0 atom stereocenters. The second-order valence-corrected chi connectivity index (χ2v) is 3.77. The van der Waals surface area contributed by atoms with Crippen molar-refractivity contribution in [1.29, 1.82) is 0 Å². The minimum atomic E-state index is 0.523. The van der Waals surface area contributed by atoms with Crippen molar-refractivity contribution in [3.8, 4) is 0 Å². The zero-order valence-corrected chi connectivity index (χ0v) is 9.78. The fourth-order valence-corrected chi connectivity index (χ4v) is 1.07. The molecule has 1 heterocycles. The van der Waals surface area contributed by atoms with Gasteiger partial charge in [-0.25, -0.2) is 4.99 Å². The van der Waals surface area contributed by atoms with Gasteiger partial charge < -0.3 is 10.6 Å². The van der Waals surface area contributed by atoms with Crippen molar-refractivity contribution in [3.05, 3.63) is 29.1 Å². The van der Waals surface area contributed by atoms with E-state index in [1.807, 2.05) is 34.0 Å². The summed E-state index contributed by atoms with van der Waals surface area (Å²) >= 11 is 0. The van der Waals surface area contributed by atoms with E-state index in [0.29, 0.717) is 12.5 Å². The molecule has 0 bridgehead atoms. The number of guanidine groups is 1. The zero-order valence-electron chi connectivity index (χ0n) is 9.78. The van der Waals surface area contributed by atoms with Gasteiger partial charge >= 0.3 is 0 Å². The molecular formula is C11H18N4. The SMILES string of the molecule is Cc1ccc(CN=C(N)N(C)C)nc1C. The van der Waals surface area contributed by atoms with Gasteiger partial charge in [-0.3, -0.25) is 4.98 Å². The zero-order chi connectivity index (χ0) is 11.4. The van der Waals surface area contributed by atoms with Crippen LogP contribution in [0.3, 0.4) is 0 Å². The van der Waals surface area contributed by atoms with E-state index in [1.54, 1.807) is 4.90 Å². The van der Waals surface area contributed by atoms with Gasteiger partial charge in [-0.05, 0) is 25.5 Å². The van der Waals surface area contributed by atoms with Gasteiger partial charge in [-0.2, -0.15) is 0 Å². The van der Waals surface area contributed by atoms with E-state index >= 15 is 0 Å². The minimum Gasteiger partial charge on any atom is -0.370 e. The van der Waals surface area contributed by atoms with Crippen molar-refractivity contribution in [3.63, 3.8) is 0 Å². The maximum Gasteiger partial charge on any atom is 0.191 e. The Kier molecular flexibility index (Phi) is 3.66. The topological polar surface area (TPSA) is 54.5 Å². The summed E-state index contributed by atoms with van der Waals surface area (Å²) < 4.78 is 0. The standard InChI is InChI=1S/C11H18N4/c1-8-5-6-10(14-9(8)2)7-13-11(12)15(3)4/h5-6H,7H2,1-4H3,(H2,12,13). The Labute approximate surface area is 90.8 Å². The van der Waals surface area contributed by atoms with E-state index in [1.165, 1.54) is 5.56 Å². The average molecular weight is 206 g/mol. The molecule has 0 aliphatic rings. The Morgan fingerprint density at radius 3 is 2.60 bits per heavy atom. The normalized spacial score (nSPS) is 11.6. The molecule has 0 aromatic carbocycles. The number of aryl methyl sites for hydroxylation is 2. The van der Waals surface area contributed by atoms with E-state index < -0.39 is 0 Å². The molecule has 0 aliphatic heterocycles. The highest BCUT2D eigenvalue weighted by molar-refractivity contribution is 5.77. The van der Waals surface area contributed by atoms with Crippen LogP contribution in [-0.4, -0.2) is 29.9 Å². The highest BCUT2D eigenvalue weighted by atomic mass is 15.2. The van der Waals surface area contributed by atoms with Crippen LogP contribution in [0.25, 0.3) is 0 Å². The van der Waals surface area contributed by atoms with Gasteiger partial charge in [0.2, 0.25) is 0 Å². The second kappa shape index (κ2) is 4.77. The Hall–Kier alpha value is -1.58. The lowest BCUT2D eigenvalue weighted by Crippen LogP contribution is -2.30. The van der Waals surface area contributed by atoms with Crippen molar-refractivity contribution in [2.45, 2.75) is 20.4 Å². The summed E-state index contributed by atoms with van der Waals surface area (Å²) in [5.74, 6) is 0.523. The minimum absolute atomic E-state index is 0.523. The average Bonchev–Trinajstić information content (AvgIpc) is 2.19. The monoisotopic (exact) mass is 206 g/mol. The van der Waals surface area contributed by atoms with Crippen LogP contribution in [0.2, 0.25) is 0 Å². The van der Waals surface area contributed by atoms with Gasteiger partial charge in [0, 0.05) is 19.8 Å². The molecule has 2 N–H and O–H groups in total. The van der Waals surface area contributed by atoms with Crippen LogP contribution in [0.15, 0.2) is 17.1 Å². The number of aromatic nitrogens is 1. The van der Waals surface area contributed by atoms with Gasteiger partial charge in [0.15, 0.2) is 5.96 Å². The van der Waals surface area contributed by atoms with Crippen LogP contribution in [0.4, 0.5) is 0 Å². The molecule has 0 spiro atoms. The Morgan fingerprint density at radius 2 is 2.07 bits per heavy atom. The third kappa shape index (κ3) is 3.23. The predicted molar refractivity (Wildman–Crippen MR) is 62.7 cm³/mol. The largest absolute Gasteiger partial charge is 0.370 e. The Bertz CT molecular complexity index is 369. The summed E-state index contributed by atoms with van der Waals surface area (Å²) in [5.41, 5.74) is 8.87. The molecule has 1 aromatic rings. The van der Waals surface area contributed by atoms with Gasteiger partial charge in [0.05, 0.1) is 12.2 Å². The number of nitrogens with two attached hydrogens (primary N) is 1. The van der Waals surface area contributed by atoms with Gasteiger partial charge in [-0.1, -0.05) is 6.07 Å². The first kappa shape index (κ1) is 11.5. The molecule has 0 saturated carbocycles.